The molecule has 0 aliphatic heterocycles. The van der Waals surface area contributed by atoms with E-state index in [4.69, 9.17) is 11.5 Å². The van der Waals surface area contributed by atoms with Crippen LogP contribution < -0.4 is 21.7 Å². The Labute approximate surface area is 249 Å². The maximum absolute atomic E-state index is 13.3. The minimum absolute atomic E-state index is 0.0171. The third kappa shape index (κ3) is 9.64. The second-order valence-corrected chi connectivity index (χ2v) is 10.3. The number of aliphatic carboxylic acids is 1. The number of hydrogen-bond acceptors (Lipinski definition) is 7. The van der Waals surface area contributed by atoms with E-state index in [1.165, 1.54) is 36.4 Å². The maximum atomic E-state index is 13.3. The molecule has 2 aromatic rings. The molecule has 0 fully saturated rings. The number of aromatic carboxylic acids is 1. The topological polar surface area (TPSA) is 213 Å². The first-order chi connectivity index (χ1) is 20.3. The zero-order valence-corrected chi connectivity index (χ0v) is 24.5. The van der Waals surface area contributed by atoms with Crippen LogP contribution in [0.25, 0.3) is 0 Å². The molecule has 7 N–H and O–H groups in total. The molecule has 43 heavy (non-hydrogen) atoms. The Morgan fingerprint density at radius 2 is 1.63 bits per heavy atom. The fourth-order valence-electron chi connectivity index (χ4n) is 4.43. The summed E-state index contributed by atoms with van der Waals surface area (Å²) >= 11 is 0. The minimum Gasteiger partial charge on any atom is -0.478 e. The number of nitrogens with zero attached hydrogens (tertiary/aromatic N) is 2. The number of carbonyl (C=O) groups excluding carboxylic acids is 4. The molecule has 0 saturated heterocycles. The number of carboxylic acids is 2. The van der Waals surface area contributed by atoms with Crippen LogP contribution in [0.3, 0.4) is 0 Å². The molecule has 0 spiro atoms. The van der Waals surface area contributed by atoms with Crippen LogP contribution in [0.5, 0.6) is 0 Å². The zero-order chi connectivity index (χ0) is 32.3. The Balaban J connectivity index is 2.54. The van der Waals surface area contributed by atoms with Gasteiger partial charge in [-0.05, 0) is 62.4 Å². The first kappa shape index (κ1) is 34.4. The van der Waals surface area contributed by atoms with Crippen molar-refractivity contribution in [2.24, 2.45) is 11.5 Å². The van der Waals surface area contributed by atoms with Crippen LogP contribution in [0.4, 0.5) is 16.2 Å². The number of amides is 5. The molecule has 0 bridgehead atoms. The van der Waals surface area contributed by atoms with Gasteiger partial charge in [0.25, 0.3) is 0 Å². The Morgan fingerprint density at radius 3 is 2.21 bits per heavy atom. The summed E-state index contributed by atoms with van der Waals surface area (Å²) in [7, 11) is 0. The fraction of sp³-hybridized carbons (Fsp3) is 0.400. The van der Waals surface area contributed by atoms with E-state index in [1.807, 2.05) is 6.92 Å². The van der Waals surface area contributed by atoms with Crippen molar-refractivity contribution in [1.29, 1.82) is 0 Å². The van der Waals surface area contributed by atoms with Crippen LogP contribution in [0, 0.1) is 0 Å². The van der Waals surface area contributed by atoms with Crippen molar-refractivity contribution in [2.75, 3.05) is 11.4 Å². The highest BCUT2D eigenvalue weighted by Crippen LogP contribution is 2.33. The third-order valence-electron chi connectivity index (χ3n) is 6.47. The first-order valence-electron chi connectivity index (χ1n) is 14.0. The molecular weight excluding hydrogens is 558 g/mol. The van der Waals surface area contributed by atoms with E-state index in [0.29, 0.717) is 17.5 Å². The van der Waals surface area contributed by atoms with Gasteiger partial charge in [0.15, 0.2) is 0 Å². The molecule has 0 aliphatic rings. The van der Waals surface area contributed by atoms with E-state index < -0.39 is 41.7 Å². The van der Waals surface area contributed by atoms with Crippen molar-refractivity contribution < 1.29 is 39.0 Å². The Kier molecular flexibility index (Phi) is 12.8. The molecular formula is C30H39N5O8. The molecule has 13 nitrogen and oxygen atoms in total. The Hall–Kier alpha value is -4.78. The summed E-state index contributed by atoms with van der Waals surface area (Å²) < 4.78 is 0. The van der Waals surface area contributed by atoms with E-state index >= 15 is 0 Å². The summed E-state index contributed by atoms with van der Waals surface area (Å²) in [6.45, 7) is 5.73. The van der Waals surface area contributed by atoms with E-state index in [0.717, 1.165) is 22.6 Å². The SMILES string of the molecule is CCCCCN(C(=O)NC(C)C)C(=O)[C@@H](N)Cc1ccc(N(C(=O)C(=O)O)c2ccccc2C(=O)O)c(CCC(N)=O)c1. The van der Waals surface area contributed by atoms with Crippen molar-refractivity contribution in [2.45, 2.75) is 71.4 Å². The Bertz CT molecular complexity index is 1360. The van der Waals surface area contributed by atoms with E-state index in [-0.39, 0.29) is 48.8 Å². The number of benzene rings is 2. The quantitative estimate of drug-likeness (QED) is 0.160. The summed E-state index contributed by atoms with van der Waals surface area (Å²) in [4.78, 5) is 76.2. The molecule has 232 valence electrons. The van der Waals surface area contributed by atoms with Crippen molar-refractivity contribution in [1.82, 2.24) is 10.2 Å². The summed E-state index contributed by atoms with van der Waals surface area (Å²) in [6.07, 6.45) is 2.09. The smallest absolute Gasteiger partial charge is 0.395 e. The van der Waals surface area contributed by atoms with Gasteiger partial charge in [-0.25, -0.2) is 14.4 Å². The van der Waals surface area contributed by atoms with Crippen LogP contribution in [-0.2, 0) is 32.0 Å². The number of rotatable bonds is 14. The second kappa shape index (κ2) is 16.0. The van der Waals surface area contributed by atoms with Gasteiger partial charge in [-0.2, -0.15) is 0 Å². The number of unbranched alkanes of at least 4 members (excludes halogenated alkanes) is 2. The molecule has 0 aliphatic carbocycles. The number of aryl methyl sites for hydroxylation is 1. The average Bonchev–Trinajstić information content (AvgIpc) is 2.94. The number of hydrogen-bond donors (Lipinski definition) is 5. The number of carbonyl (C=O) groups is 6. The van der Waals surface area contributed by atoms with E-state index in [2.05, 4.69) is 5.32 Å². The predicted molar refractivity (Wildman–Crippen MR) is 159 cm³/mol. The normalized spacial score (nSPS) is 11.5. The number of imide groups is 1. The number of carboxylic acid groups (broad SMARTS) is 2. The monoisotopic (exact) mass is 597 g/mol. The second-order valence-electron chi connectivity index (χ2n) is 10.3. The first-order valence-corrected chi connectivity index (χ1v) is 14.0. The molecule has 0 heterocycles. The summed E-state index contributed by atoms with van der Waals surface area (Å²) in [5, 5.41) is 22.0. The number of urea groups is 1. The van der Waals surface area contributed by atoms with Crippen molar-refractivity contribution in [3.8, 4) is 0 Å². The average molecular weight is 598 g/mol. The van der Waals surface area contributed by atoms with Gasteiger partial charge in [-0.15, -0.1) is 0 Å². The number of primary amides is 1. The third-order valence-corrected chi connectivity index (χ3v) is 6.47. The highest BCUT2D eigenvalue weighted by Gasteiger charge is 2.31. The fourth-order valence-corrected chi connectivity index (χ4v) is 4.43. The zero-order valence-electron chi connectivity index (χ0n) is 24.5. The van der Waals surface area contributed by atoms with Crippen LogP contribution in [0.2, 0.25) is 0 Å². The lowest BCUT2D eigenvalue weighted by Gasteiger charge is -2.27. The van der Waals surface area contributed by atoms with Crippen molar-refractivity contribution in [3.63, 3.8) is 0 Å². The number of nitrogens with one attached hydrogen (secondary N) is 1. The molecule has 2 aromatic carbocycles. The van der Waals surface area contributed by atoms with E-state index in [1.54, 1.807) is 19.9 Å². The van der Waals surface area contributed by atoms with Gasteiger partial charge in [0.05, 0.1) is 23.0 Å². The predicted octanol–water partition coefficient (Wildman–Crippen LogP) is 2.56. The van der Waals surface area contributed by atoms with Gasteiger partial charge in [-0.1, -0.05) is 44.0 Å². The van der Waals surface area contributed by atoms with Crippen molar-refractivity contribution in [3.05, 3.63) is 59.2 Å². The molecule has 0 unspecified atom stereocenters. The minimum atomic E-state index is -1.83. The highest BCUT2D eigenvalue weighted by molar-refractivity contribution is 6.39. The molecule has 13 heteroatoms. The molecule has 1 atom stereocenters. The standard InChI is InChI=1S/C30H39N5O8/c1-4-5-8-15-34(30(43)33-18(2)3)26(37)22(31)17-19-11-13-23(20(16-19)12-14-25(32)36)35(27(38)29(41)42)24-10-7-6-9-21(24)28(39)40/h6-7,9-11,13,16,18,22H,4-5,8,12,14-15,17,31H2,1-3H3,(H2,32,36)(H,33,43)(H,39,40)(H,41,42)/t22-/m0/s1. The van der Waals surface area contributed by atoms with Gasteiger partial charge in [0, 0.05) is 19.0 Å². The maximum Gasteiger partial charge on any atom is 0.395 e. The van der Waals surface area contributed by atoms with Crippen LogP contribution in [-0.4, -0.2) is 69.4 Å². The van der Waals surface area contributed by atoms with Crippen molar-refractivity contribution >= 4 is 47.1 Å². The molecule has 0 aromatic heterocycles. The van der Waals surface area contributed by atoms with Crippen LogP contribution in [0.1, 0.15) is 67.9 Å². The highest BCUT2D eigenvalue weighted by atomic mass is 16.4. The summed E-state index contributed by atoms with van der Waals surface area (Å²) in [5.41, 5.74) is 11.9. The molecule has 5 amide bonds. The van der Waals surface area contributed by atoms with Gasteiger partial charge >= 0.3 is 23.9 Å². The lowest BCUT2D eigenvalue weighted by molar-refractivity contribution is -0.148. The van der Waals surface area contributed by atoms with Gasteiger partial charge < -0.3 is 27.0 Å². The van der Waals surface area contributed by atoms with Crippen LogP contribution in [0.15, 0.2) is 42.5 Å². The van der Waals surface area contributed by atoms with Crippen LogP contribution >= 0.6 is 0 Å². The lowest BCUT2D eigenvalue weighted by atomic mass is 9.97. The van der Waals surface area contributed by atoms with Gasteiger partial charge in [-0.3, -0.25) is 24.2 Å². The lowest BCUT2D eigenvalue weighted by Crippen LogP contribution is -2.52. The number of anilines is 2. The summed E-state index contributed by atoms with van der Waals surface area (Å²) in [6, 6.07) is 7.98. The Morgan fingerprint density at radius 1 is 0.953 bits per heavy atom. The van der Waals surface area contributed by atoms with Gasteiger partial charge in [0.2, 0.25) is 11.8 Å². The summed E-state index contributed by atoms with van der Waals surface area (Å²) in [5.74, 6) is -5.89. The molecule has 0 saturated carbocycles. The number of para-hydroxylation sites is 1. The number of nitrogens with two attached hydrogens (primary N) is 2. The van der Waals surface area contributed by atoms with E-state index in [9.17, 15) is 39.0 Å². The van der Waals surface area contributed by atoms with Gasteiger partial charge in [0.1, 0.15) is 0 Å². The largest absolute Gasteiger partial charge is 0.478 e. The molecule has 2 rings (SSSR count). The molecule has 0 radical (unpaired) electrons.